The predicted octanol–water partition coefficient (Wildman–Crippen LogP) is 4.68. The maximum Gasteiger partial charge on any atom is 0.0406 e. The smallest absolute Gasteiger partial charge is 0.0406 e. The lowest BCUT2D eigenvalue weighted by Gasteiger charge is -2.14. The van der Waals surface area contributed by atoms with Gasteiger partial charge in [0.15, 0.2) is 0 Å². The predicted molar refractivity (Wildman–Crippen MR) is 87.4 cm³/mol. The molecule has 0 spiro atoms. The van der Waals surface area contributed by atoms with Crippen LogP contribution in [0.4, 0.5) is 0 Å². The monoisotopic (exact) mass is 287 g/mol. The normalized spacial score (nSPS) is 12.4. The summed E-state index contributed by atoms with van der Waals surface area (Å²) >= 11 is 5.90. The van der Waals surface area contributed by atoms with Crippen molar-refractivity contribution >= 4 is 11.6 Å². The summed E-state index contributed by atoms with van der Waals surface area (Å²) in [6.07, 6.45) is 1.02. The molecule has 0 radical (unpaired) electrons. The molecule has 0 bridgehead atoms. The van der Waals surface area contributed by atoms with Crippen LogP contribution in [0.15, 0.2) is 42.5 Å². The third-order valence-electron chi connectivity index (χ3n) is 3.68. The lowest BCUT2D eigenvalue weighted by atomic mass is 10.0. The Balaban J connectivity index is 1.86. The van der Waals surface area contributed by atoms with Crippen LogP contribution >= 0.6 is 11.6 Å². The van der Waals surface area contributed by atoms with Crippen molar-refractivity contribution in [3.63, 3.8) is 0 Å². The van der Waals surface area contributed by atoms with E-state index < -0.39 is 0 Å². The molecular formula is C18H22ClN. The summed E-state index contributed by atoms with van der Waals surface area (Å²) in [6.45, 7) is 7.44. The highest BCUT2D eigenvalue weighted by atomic mass is 35.5. The Hall–Kier alpha value is -1.31. The van der Waals surface area contributed by atoms with Crippen molar-refractivity contribution in [2.24, 2.45) is 0 Å². The molecule has 0 aliphatic carbocycles. The van der Waals surface area contributed by atoms with E-state index in [9.17, 15) is 0 Å². The van der Waals surface area contributed by atoms with Crippen molar-refractivity contribution in [3.8, 4) is 0 Å². The van der Waals surface area contributed by atoms with Gasteiger partial charge in [-0.1, -0.05) is 41.9 Å². The third kappa shape index (κ3) is 4.36. The van der Waals surface area contributed by atoms with E-state index in [1.807, 2.05) is 12.1 Å². The molecule has 2 aromatic rings. The van der Waals surface area contributed by atoms with E-state index in [2.05, 4.69) is 56.4 Å². The molecule has 0 heterocycles. The quantitative estimate of drug-likeness (QED) is 0.842. The standard InChI is InChI=1S/C18H22ClN/c1-13-4-5-17(10-14(13)2)12-20-15(3)11-16-6-8-18(19)9-7-16/h4-10,15,20H,11-12H2,1-3H3. The molecule has 0 aliphatic heterocycles. The zero-order valence-corrected chi connectivity index (χ0v) is 13.2. The summed E-state index contributed by atoms with van der Waals surface area (Å²) in [6, 6.07) is 15.2. The van der Waals surface area contributed by atoms with Crippen molar-refractivity contribution in [2.45, 2.75) is 39.8 Å². The topological polar surface area (TPSA) is 12.0 Å². The average molecular weight is 288 g/mol. The Morgan fingerprint density at radius 1 is 0.950 bits per heavy atom. The molecule has 2 heteroatoms. The minimum Gasteiger partial charge on any atom is -0.310 e. The summed E-state index contributed by atoms with van der Waals surface area (Å²) in [5, 5.41) is 4.37. The van der Waals surface area contributed by atoms with Gasteiger partial charge in [0.25, 0.3) is 0 Å². The van der Waals surface area contributed by atoms with Gasteiger partial charge in [-0.15, -0.1) is 0 Å². The van der Waals surface area contributed by atoms with Crippen LogP contribution < -0.4 is 5.32 Å². The van der Waals surface area contributed by atoms with Crippen molar-refractivity contribution in [1.82, 2.24) is 5.32 Å². The summed E-state index contributed by atoms with van der Waals surface area (Å²) in [5.74, 6) is 0. The number of hydrogen-bond acceptors (Lipinski definition) is 1. The van der Waals surface area contributed by atoms with Crippen molar-refractivity contribution < 1.29 is 0 Å². The summed E-state index contributed by atoms with van der Waals surface area (Å²) < 4.78 is 0. The Kier molecular flexibility index (Phi) is 5.22. The van der Waals surface area contributed by atoms with Gasteiger partial charge in [-0.05, 0) is 61.6 Å². The second-order valence-corrected chi connectivity index (χ2v) is 5.97. The zero-order valence-electron chi connectivity index (χ0n) is 12.4. The van der Waals surface area contributed by atoms with Crippen LogP contribution in [0.2, 0.25) is 5.02 Å². The lowest BCUT2D eigenvalue weighted by Crippen LogP contribution is -2.27. The first kappa shape index (κ1) is 15.1. The van der Waals surface area contributed by atoms with Gasteiger partial charge in [0.2, 0.25) is 0 Å². The van der Waals surface area contributed by atoms with E-state index in [0.29, 0.717) is 6.04 Å². The van der Waals surface area contributed by atoms with Gasteiger partial charge >= 0.3 is 0 Å². The molecule has 0 aromatic heterocycles. The molecule has 0 amide bonds. The van der Waals surface area contributed by atoms with Crippen molar-refractivity contribution in [3.05, 3.63) is 69.7 Å². The van der Waals surface area contributed by atoms with Crippen LogP contribution in [0.5, 0.6) is 0 Å². The van der Waals surface area contributed by atoms with Gasteiger partial charge in [0.1, 0.15) is 0 Å². The molecule has 0 aliphatic rings. The Bertz CT molecular complexity index is 560. The van der Waals surface area contributed by atoms with Crippen LogP contribution in [0.3, 0.4) is 0 Å². The second-order valence-electron chi connectivity index (χ2n) is 5.53. The number of halogens is 1. The molecule has 20 heavy (non-hydrogen) atoms. The molecule has 2 rings (SSSR count). The molecule has 2 aromatic carbocycles. The summed E-state index contributed by atoms with van der Waals surface area (Å²) in [7, 11) is 0. The van der Waals surface area contributed by atoms with Crippen molar-refractivity contribution in [1.29, 1.82) is 0 Å². The molecule has 1 N–H and O–H groups in total. The SMILES string of the molecule is Cc1ccc(CNC(C)Cc2ccc(Cl)cc2)cc1C. The van der Waals surface area contributed by atoms with E-state index in [0.717, 1.165) is 18.0 Å². The zero-order chi connectivity index (χ0) is 14.5. The third-order valence-corrected chi connectivity index (χ3v) is 3.93. The minimum atomic E-state index is 0.442. The van der Waals surface area contributed by atoms with Crippen LogP contribution in [0.25, 0.3) is 0 Å². The molecule has 0 saturated heterocycles. The Morgan fingerprint density at radius 2 is 1.60 bits per heavy atom. The fraction of sp³-hybridized carbons (Fsp3) is 0.333. The number of rotatable bonds is 5. The van der Waals surface area contributed by atoms with Crippen LogP contribution in [0, 0.1) is 13.8 Å². The van der Waals surface area contributed by atoms with E-state index in [4.69, 9.17) is 11.6 Å². The minimum absolute atomic E-state index is 0.442. The molecule has 1 nitrogen and oxygen atoms in total. The number of nitrogens with one attached hydrogen (secondary N) is 1. The summed E-state index contributed by atoms with van der Waals surface area (Å²) in [4.78, 5) is 0. The van der Waals surface area contributed by atoms with Gasteiger partial charge in [0, 0.05) is 17.6 Å². The maximum absolute atomic E-state index is 5.90. The number of benzene rings is 2. The highest BCUT2D eigenvalue weighted by Crippen LogP contribution is 2.12. The van der Waals surface area contributed by atoms with E-state index in [-0.39, 0.29) is 0 Å². The van der Waals surface area contributed by atoms with Crippen molar-refractivity contribution in [2.75, 3.05) is 0 Å². The fourth-order valence-electron chi connectivity index (χ4n) is 2.25. The number of hydrogen-bond donors (Lipinski definition) is 1. The van der Waals surface area contributed by atoms with E-state index in [1.54, 1.807) is 0 Å². The highest BCUT2D eigenvalue weighted by Gasteiger charge is 2.04. The first-order chi connectivity index (χ1) is 9.54. The second kappa shape index (κ2) is 6.92. The van der Waals surface area contributed by atoms with Gasteiger partial charge in [0.05, 0.1) is 0 Å². The Morgan fingerprint density at radius 3 is 2.25 bits per heavy atom. The molecule has 1 atom stereocenters. The lowest BCUT2D eigenvalue weighted by molar-refractivity contribution is 0.545. The van der Waals surface area contributed by atoms with Crippen LogP contribution in [0.1, 0.15) is 29.2 Å². The Labute approximate surface area is 127 Å². The molecule has 106 valence electrons. The van der Waals surface area contributed by atoms with E-state index >= 15 is 0 Å². The van der Waals surface area contributed by atoms with Crippen LogP contribution in [-0.2, 0) is 13.0 Å². The largest absolute Gasteiger partial charge is 0.310 e. The highest BCUT2D eigenvalue weighted by molar-refractivity contribution is 6.30. The average Bonchev–Trinajstić information content (AvgIpc) is 2.43. The van der Waals surface area contributed by atoms with Crippen LogP contribution in [-0.4, -0.2) is 6.04 Å². The molecule has 0 fully saturated rings. The first-order valence-electron chi connectivity index (χ1n) is 7.08. The summed E-state index contributed by atoms with van der Waals surface area (Å²) in [5.41, 5.74) is 5.36. The molecule has 0 saturated carbocycles. The molecular weight excluding hydrogens is 266 g/mol. The van der Waals surface area contributed by atoms with E-state index in [1.165, 1.54) is 22.3 Å². The molecule has 1 unspecified atom stereocenters. The van der Waals surface area contributed by atoms with Gasteiger partial charge in [-0.25, -0.2) is 0 Å². The van der Waals surface area contributed by atoms with Gasteiger partial charge in [-0.2, -0.15) is 0 Å². The maximum atomic E-state index is 5.90. The van der Waals surface area contributed by atoms with Gasteiger partial charge in [-0.3, -0.25) is 0 Å². The van der Waals surface area contributed by atoms with Gasteiger partial charge < -0.3 is 5.32 Å². The first-order valence-corrected chi connectivity index (χ1v) is 7.46. The fourth-order valence-corrected chi connectivity index (χ4v) is 2.38. The number of aryl methyl sites for hydroxylation is 2.